The first-order chi connectivity index (χ1) is 19.4. The molecule has 0 atom stereocenters. The van der Waals surface area contributed by atoms with Crippen LogP contribution in [0.15, 0.2) is 42.1 Å². The Morgan fingerprint density at radius 1 is 0.875 bits per heavy atom. The van der Waals surface area contributed by atoms with Gasteiger partial charge >= 0.3 is 0 Å². The van der Waals surface area contributed by atoms with Gasteiger partial charge in [-0.3, -0.25) is 0 Å². The van der Waals surface area contributed by atoms with Crippen molar-refractivity contribution in [3.8, 4) is 0 Å². The summed E-state index contributed by atoms with van der Waals surface area (Å²) in [6.45, 7) is 0.911. The van der Waals surface area contributed by atoms with Crippen molar-refractivity contribution in [3.05, 3.63) is 47.6 Å². The average Bonchev–Trinajstić information content (AvgIpc) is 3.65. The number of nitrogens with zero attached hydrogens (tertiary/aromatic N) is 5. The van der Waals surface area contributed by atoms with Crippen molar-refractivity contribution >= 4 is 39.0 Å². The van der Waals surface area contributed by atoms with Gasteiger partial charge in [0, 0.05) is 42.7 Å². The van der Waals surface area contributed by atoms with Gasteiger partial charge in [0.25, 0.3) is 0 Å². The largest absolute Gasteiger partial charge is 0.365 e. The summed E-state index contributed by atoms with van der Waals surface area (Å²) < 4.78 is 29.7. The molecule has 3 heterocycles. The van der Waals surface area contributed by atoms with Gasteiger partial charge in [0.15, 0.2) is 17.0 Å². The fourth-order valence-corrected chi connectivity index (χ4v) is 7.46. The van der Waals surface area contributed by atoms with Crippen LogP contribution >= 0.6 is 0 Å². The Morgan fingerprint density at radius 2 is 1.57 bits per heavy atom. The predicted octanol–water partition coefficient (Wildman–Crippen LogP) is 4.50. The predicted molar refractivity (Wildman–Crippen MR) is 159 cm³/mol. The summed E-state index contributed by atoms with van der Waals surface area (Å²) in [5.41, 5.74) is 8.64. The lowest BCUT2D eigenvalue weighted by atomic mass is 9.92. The Morgan fingerprint density at radius 3 is 2.30 bits per heavy atom. The molecule has 6 rings (SSSR count). The molecular weight excluding hydrogens is 524 g/mol. The van der Waals surface area contributed by atoms with Crippen molar-refractivity contribution < 1.29 is 8.42 Å². The molecule has 3 aromatic rings. The van der Waals surface area contributed by atoms with Crippen molar-refractivity contribution in [2.45, 2.75) is 88.4 Å². The molecule has 10 nitrogen and oxygen atoms in total. The van der Waals surface area contributed by atoms with Gasteiger partial charge in [0.1, 0.15) is 0 Å². The van der Waals surface area contributed by atoms with Gasteiger partial charge in [-0.2, -0.15) is 14.3 Å². The Hall–Kier alpha value is -3.02. The molecular formula is C29H40N8O2S. The van der Waals surface area contributed by atoms with E-state index in [0.29, 0.717) is 44.0 Å². The first kappa shape index (κ1) is 27.2. The highest BCUT2D eigenvalue weighted by molar-refractivity contribution is 7.92. The second kappa shape index (κ2) is 11.8. The number of fused-ring (bicyclic) bond motifs is 1. The van der Waals surface area contributed by atoms with E-state index < -0.39 is 10.0 Å². The smallest absolute Gasteiger partial charge is 0.236 e. The molecule has 0 spiro atoms. The molecule has 0 radical (unpaired) electrons. The minimum atomic E-state index is -3.48. The number of anilines is 2. The van der Waals surface area contributed by atoms with Crippen LogP contribution in [0.5, 0.6) is 0 Å². The molecule has 3 fully saturated rings. The number of imidazole rings is 1. The average molecular weight is 565 g/mol. The second-order valence-corrected chi connectivity index (χ2v) is 13.3. The lowest BCUT2D eigenvalue weighted by Crippen LogP contribution is -2.41. The molecule has 0 unspecified atom stereocenters. The van der Waals surface area contributed by atoms with E-state index in [1.807, 2.05) is 36.7 Å². The SMILES string of the molecule is N[C@H]1CC[C@H](Nc2nc(NC3CCN(S(=O)(=O)/C=C/c4ccccc4)CC3)c3ncn(C4CCCC4)c3n2)CC1. The van der Waals surface area contributed by atoms with Crippen molar-refractivity contribution in [1.82, 2.24) is 23.8 Å². The van der Waals surface area contributed by atoms with E-state index in [-0.39, 0.29) is 12.1 Å². The van der Waals surface area contributed by atoms with E-state index in [0.717, 1.165) is 61.1 Å². The Balaban J connectivity index is 1.17. The number of nitrogens with one attached hydrogen (secondary N) is 2. The minimum absolute atomic E-state index is 0.0970. The van der Waals surface area contributed by atoms with Gasteiger partial charge in [0.05, 0.1) is 6.33 Å². The molecule has 1 saturated heterocycles. The molecule has 2 saturated carbocycles. The van der Waals surface area contributed by atoms with Crippen LogP contribution in [0.2, 0.25) is 0 Å². The first-order valence-electron chi connectivity index (χ1n) is 14.7. The summed E-state index contributed by atoms with van der Waals surface area (Å²) in [6, 6.07) is 10.6. The summed E-state index contributed by atoms with van der Waals surface area (Å²) in [6.07, 6.45) is 13.8. The number of rotatable bonds is 8. The standard InChI is InChI=1S/C29H40N8O2S/c30-22-10-12-23(13-11-22)33-29-34-27(26-28(35-29)37(20-31-26)25-8-4-5-9-25)32-24-14-17-36(18-15-24)40(38,39)19-16-21-6-2-1-3-7-21/h1-3,6-7,16,19-20,22-25H,4-5,8-15,17-18,30H2,(H2,32,33,34,35)/b19-16+/t22-,23-. The maximum absolute atomic E-state index is 13.0. The normalized spacial score (nSPS) is 23.7. The third-order valence-electron chi connectivity index (χ3n) is 8.63. The van der Waals surface area contributed by atoms with E-state index in [1.54, 1.807) is 10.4 Å². The number of hydrogen-bond donors (Lipinski definition) is 3. The van der Waals surface area contributed by atoms with E-state index >= 15 is 0 Å². The van der Waals surface area contributed by atoms with Gasteiger partial charge in [-0.25, -0.2) is 13.4 Å². The topological polar surface area (TPSA) is 131 Å². The zero-order valence-electron chi connectivity index (χ0n) is 23.0. The summed E-state index contributed by atoms with van der Waals surface area (Å²) in [4.78, 5) is 14.6. The van der Waals surface area contributed by atoms with E-state index in [2.05, 4.69) is 15.2 Å². The molecule has 11 heteroatoms. The van der Waals surface area contributed by atoms with E-state index in [9.17, 15) is 8.42 Å². The molecule has 2 aromatic heterocycles. The van der Waals surface area contributed by atoms with Crippen LogP contribution in [0, 0.1) is 0 Å². The molecule has 0 amide bonds. The summed E-state index contributed by atoms with van der Waals surface area (Å²) in [7, 11) is -3.48. The fourth-order valence-electron chi connectivity index (χ4n) is 6.24. The third-order valence-corrected chi connectivity index (χ3v) is 10.2. The minimum Gasteiger partial charge on any atom is -0.365 e. The van der Waals surface area contributed by atoms with Crippen molar-refractivity contribution in [3.63, 3.8) is 0 Å². The van der Waals surface area contributed by atoms with Gasteiger partial charge in [0.2, 0.25) is 16.0 Å². The number of piperidine rings is 1. The Kier molecular flexibility index (Phi) is 8.04. The molecule has 40 heavy (non-hydrogen) atoms. The van der Waals surface area contributed by atoms with Crippen molar-refractivity contribution in [1.29, 1.82) is 0 Å². The molecule has 2 aliphatic carbocycles. The lowest BCUT2D eigenvalue weighted by Gasteiger charge is -2.31. The Bertz CT molecular complexity index is 1420. The van der Waals surface area contributed by atoms with Gasteiger partial charge in [-0.15, -0.1) is 0 Å². The lowest BCUT2D eigenvalue weighted by molar-refractivity contribution is 0.333. The van der Waals surface area contributed by atoms with Crippen molar-refractivity contribution in [2.24, 2.45) is 5.73 Å². The van der Waals surface area contributed by atoms with Crippen LogP contribution in [0.3, 0.4) is 0 Å². The molecule has 214 valence electrons. The number of sulfonamides is 1. The molecule has 4 N–H and O–H groups in total. The summed E-state index contributed by atoms with van der Waals surface area (Å²) in [5, 5.41) is 8.51. The highest BCUT2D eigenvalue weighted by Crippen LogP contribution is 2.34. The van der Waals surface area contributed by atoms with Crippen LogP contribution in [-0.4, -0.2) is 63.5 Å². The third kappa shape index (κ3) is 6.16. The summed E-state index contributed by atoms with van der Waals surface area (Å²) >= 11 is 0. The maximum Gasteiger partial charge on any atom is 0.236 e. The highest BCUT2D eigenvalue weighted by atomic mass is 32.2. The monoisotopic (exact) mass is 564 g/mol. The van der Waals surface area contributed by atoms with Crippen LogP contribution in [0.4, 0.5) is 11.8 Å². The second-order valence-electron chi connectivity index (χ2n) is 11.5. The zero-order valence-corrected chi connectivity index (χ0v) is 23.8. The summed E-state index contributed by atoms with van der Waals surface area (Å²) in [5.74, 6) is 1.35. The number of benzene rings is 1. The number of aromatic nitrogens is 4. The van der Waals surface area contributed by atoms with Crippen molar-refractivity contribution in [2.75, 3.05) is 23.7 Å². The number of nitrogens with two attached hydrogens (primary N) is 1. The fraction of sp³-hybridized carbons (Fsp3) is 0.552. The van der Waals surface area contributed by atoms with Gasteiger partial charge < -0.3 is 20.9 Å². The van der Waals surface area contributed by atoms with Gasteiger partial charge in [-0.05, 0) is 63.0 Å². The quantitative estimate of drug-likeness (QED) is 0.365. The van der Waals surface area contributed by atoms with E-state index in [4.69, 9.17) is 20.7 Å². The van der Waals surface area contributed by atoms with Crippen LogP contribution in [-0.2, 0) is 10.0 Å². The van der Waals surface area contributed by atoms with E-state index in [1.165, 1.54) is 18.2 Å². The van der Waals surface area contributed by atoms with Gasteiger partial charge in [-0.1, -0.05) is 43.2 Å². The maximum atomic E-state index is 13.0. The Labute approximate surface area is 236 Å². The zero-order chi connectivity index (χ0) is 27.5. The first-order valence-corrected chi connectivity index (χ1v) is 16.2. The highest BCUT2D eigenvalue weighted by Gasteiger charge is 2.29. The number of hydrogen-bond acceptors (Lipinski definition) is 8. The van der Waals surface area contributed by atoms with Crippen LogP contribution in [0.25, 0.3) is 17.2 Å². The molecule has 1 aromatic carbocycles. The van der Waals surface area contributed by atoms with Crippen LogP contribution in [0.1, 0.15) is 75.8 Å². The van der Waals surface area contributed by atoms with Crippen LogP contribution < -0.4 is 16.4 Å². The molecule has 3 aliphatic rings. The molecule has 1 aliphatic heterocycles. The molecule has 0 bridgehead atoms.